The molecule has 120 valence electrons. The number of allylic oxidation sites excluding steroid dienone is 2. The molecule has 3 rings (SSSR count). The van der Waals surface area contributed by atoms with Crippen molar-refractivity contribution >= 4 is 17.7 Å². The second kappa shape index (κ2) is 4.93. The van der Waals surface area contributed by atoms with Gasteiger partial charge in [0.1, 0.15) is 12.2 Å². The summed E-state index contributed by atoms with van der Waals surface area (Å²) in [6.45, 7) is 7.07. The van der Waals surface area contributed by atoms with Gasteiger partial charge in [-0.15, -0.1) is 0 Å². The molecular weight excluding hydrogens is 284 g/mol. The number of carbonyl (C=O) groups excluding carboxylic acids is 3. The lowest BCUT2D eigenvalue weighted by Crippen LogP contribution is -2.50. The SMILES string of the molecule is CC(=O)O[C@H]1[C@H]2[C@@H](C[C@@H](C)[C@@H]3C=CC(=O)[C@]31C)OC(=O)[C@@H]2C. The molecular formula is C17H22O5. The quantitative estimate of drug-likeness (QED) is 0.692. The van der Waals surface area contributed by atoms with Gasteiger partial charge in [0.15, 0.2) is 5.78 Å². The van der Waals surface area contributed by atoms with E-state index in [-0.39, 0.29) is 41.5 Å². The second-order valence-corrected chi connectivity index (χ2v) is 7.12. The van der Waals surface area contributed by atoms with E-state index in [4.69, 9.17) is 9.47 Å². The largest absolute Gasteiger partial charge is 0.462 e. The van der Waals surface area contributed by atoms with Gasteiger partial charge in [-0.2, -0.15) is 0 Å². The van der Waals surface area contributed by atoms with Crippen molar-refractivity contribution in [3.05, 3.63) is 12.2 Å². The highest BCUT2D eigenvalue weighted by atomic mass is 16.6. The van der Waals surface area contributed by atoms with Gasteiger partial charge in [-0.05, 0) is 31.3 Å². The van der Waals surface area contributed by atoms with Crippen molar-refractivity contribution in [3.63, 3.8) is 0 Å². The molecule has 1 saturated heterocycles. The Labute approximate surface area is 130 Å². The minimum absolute atomic E-state index is 0.000789. The molecule has 5 nitrogen and oxygen atoms in total. The van der Waals surface area contributed by atoms with E-state index in [0.717, 1.165) is 0 Å². The van der Waals surface area contributed by atoms with Crippen LogP contribution in [0.5, 0.6) is 0 Å². The van der Waals surface area contributed by atoms with Crippen LogP contribution >= 0.6 is 0 Å². The lowest BCUT2D eigenvalue weighted by molar-refractivity contribution is -0.165. The van der Waals surface area contributed by atoms with Gasteiger partial charge < -0.3 is 9.47 Å². The number of carbonyl (C=O) groups is 3. The molecule has 5 heteroatoms. The zero-order chi connectivity index (χ0) is 16.2. The van der Waals surface area contributed by atoms with E-state index in [0.29, 0.717) is 6.42 Å². The molecule has 0 unspecified atom stereocenters. The third-order valence-electron chi connectivity index (χ3n) is 5.77. The van der Waals surface area contributed by atoms with E-state index in [1.54, 1.807) is 13.0 Å². The second-order valence-electron chi connectivity index (χ2n) is 7.12. The highest BCUT2D eigenvalue weighted by molar-refractivity contribution is 5.98. The first-order chi connectivity index (χ1) is 10.3. The Morgan fingerprint density at radius 1 is 1.36 bits per heavy atom. The fourth-order valence-electron chi connectivity index (χ4n) is 4.61. The smallest absolute Gasteiger partial charge is 0.309 e. The maximum absolute atomic E-state index is 12.6. The zero-order valence-corrected chi connectivity index (χ0v) is 13.4. The van der Waals surface area contributed by atoms with Gasteiger partial charge in [0.2, 0.25) is 0 Å². The molecule has 0 aromatic rings. The summed E-state index contributed by atoms with van der Waals surface area (Å²) in [5, 5.41) is 0. The molecule has 1 aliphatic heterocycles. The summed E-state index contributed by atoms with van der Waals surface area (Å²) >= 11 is 0. The summed E-state index contributed by atoms with van der Waals surface area (Å²) in [7, 11) is 0. The summed E-state index contributed by atoms with van der Waals surface area (Å²) in [6, 6.07) is 0. The molecule has 1 heterocycles. The van der Waals surface area contributed by atoms with Crippen LogP contribution in [-0.4, -0.2) is 29.9 Å². The van der Waals surface area contributed by atoms with Crippen LogP contribution in [0.2, 0.25) is 0 Å². The molecule has 2 fully saturated rings. The van der Waals surface area contributed by atoms with E-state index < -0.39 is 17.5 Å². The van der Waals surface area contributed by atoms with Gasteiger partial charge in [0, 0.05) is 12.8 Å². The monoisotopic (exact) mass is 306 g/mol. The molecule has 22 heavy (non-hydrogen) atoms. The lowest BCUT2D eigenvalue weighted by atomic mass is 9.66. The summed E-state index contributed by atoms with van der Waals surface area (Å²) in [5.41, 5.74) is -0.813. The fourth-order valence-corrected chi connectivity index (χ4v) is 4.61. The number of ether oxygens (including phenoxy) is 2. The number of hydrogen-bond donors (Lipinski definition) is 0. The molecule has 0 aromatic heterocycles. The first-order valence-electron chi connectivity index (χ1n) is 7.87. The maximum atomic E-state index is 12.6. The number of rotatable bonds is 1. The Morgan fingerprint density at radius 3 is 2.68 bits per heavy atom. The van der Waals surface area contributed by atoms with Gasteiger partial charge in [-0.3, -0.25) is 14.4 Å². The Morgan fingerprint density at radius 2 is 2.05 bits per heavy atom. The highest BCUT2D eigenvalue weighted by Gasteiger charge is 2.62. The van der Waals surface area contributed by atoms with Gasteiger partial charge >= 0.3 is 11.9 Å². The molecule has 3 aliphatic rings. The standard InChI is InChI=1S/C17H22O5/c1-8-7-12-14(9(2)16(20)22-12)15(21-10(3)18)17(4)11(8)5-6-13(17)19/h5-6,8-9,11-12,14-15H,7H2,1-4H3/t8-,9-,11+,12-,14-,15+,17+/m1/s1. The minimum atomic E-state index is -0.813. The van der Waals surface area contributed by atoms with Crippen molar-refractivity contribution in [1.29, 1.82) is 0 Å². The molecule has 0 amide bonds. The van der Waals surface area contributed by atoms with Crippen LogP contribution in [0.4, 0.5) is 0 Å². The van der Waals surface area contributed by atoms with E-state index in [2.05, 4.69) is 6.92 Å². The first kappa shape index (κ1) is 15.3. The Bertz CT molecular complexity index is 565. The summed E-state index contributed by atoms with van der Waals surface area (Å²) in [5.74, 6) is -1.17. The molecule has 1 saturated carbocycles. The van der Waals surface area contributed by atoms with Gasteiger partial charge in [0.05, 0.1) is 11.3 Å². The molecule has 0 radical (unpaired) electrons. The molecule has 0 bridgehead atoms. The van der Waals surface area contributed by atoms with Gasteiger partial charge in [-0.1, -0.05) is 19.9 Å². The number of esters is 2. The predicted molar refractivity (Wildman–Crippen MR) is 77.6 cm³/mol. The molecule has 2 aliphatic carbocycles. The Hall–Kier alpha value is -1.65. The van der Waals surface area contributed by atoms with E-state index in [1.165, 1.54) is 6.92 Å². The first-order valence-corrected chi connectivity index (χ1v) is 7.87. The van der Waals surface area contributed by atoms with Crippen molar-refractivity contribution < 1.29 is 23.9 Å². The van der Waals surface area contributed by atoms with E-state index >= 15 is 0 Å². The third-order valence-corrected chi connectivity index (χ3v) is 5.77. The van der Waals surface area contributed by atoms with Crippen LogP contribution in [0.15, 0.2) is 12.2 Å². The number of ketones is 1. The molecule has 0 spiro atoms. The molecule has 7 atom stereocenters. The average molecular weight is 306 g/mol. The van der Waals surface area contributed by atoms with Crippen LogP contribution in [0.1, 0.15) is 34.1 Å². The van der Waals surface area contributed by atoms with Crippen LogP contribution in [0.3, 0.4) is 0 Å². The summed E-state index contributed by atoms with van der Waals surface area (Å²) in [4.78, 5) is 36.2. The van der Waals surface area contributed by atoms with E-state index in [1.807, 2.05) is 13.0 Å². The normalized spacial score (nSPS) is 46.7. The van der Waals surface area contributed by atoms with Gasteiger partial charge in [-0.25, -0.2) is 0 Å². The fraction of sp³-hybridized carbons (Fsp3) is 0.706. The van der Waals surface area contributed by atoms with Crippen molar-refractivity contribution in [2.45, 2.75) is 46.3 Å². The minimum Gasteiger partial charge on any atom is -0.462 e. The highest BCUT2D eigenvalue weighted by Crippen LogP contribution is 2.54. The number of fused-ring (bicyclic) bond motifs is 2. The Balaban J connectivity index is 2.10. The third kappa shape index (κ3) is 1.94. The van der Waals surface area contributed by atoms with Gasteiger partial charge in [0.25, 0.3) is 0 Å². The summed E-state index contributed by atoms with van der Waals surface area (Å²) < 4.78 is 11.1. The molecule has 0 aromatic carbocycles. The number of hydrogen-bond acceptors (Lipinski definition) is 5. The average Bonchev–Trinajstić information content (AvgIpc) is 2.84. The molecule has 0 N–H and O–H groups in total. The van der Waals surface area contributed by atoms with Crippen molar-refractivity contribution in [2.75, 3.05) is 0 Å². The van der Waals surface area contributed by atoms with Crippen molar-refractivity contribution in [3.8, 4) is 0 Å². The van der Waals surface area contributed by atoms with Crippen LogP contribution in [0, 0.1) is 29.1 Å². The topological polar surface area (TPSA) is 69.7 Å². The lowest BCUT2D eigenvalue weighted by Gasteiger charge is -2.40. The summed E-state index contributed by atoms with van der Waals surface area (Å²) in [6.07, 6.45) is 3.30. The van der Waals surface area contributed by atoms with Crippen molar-refractivity contribution in [1.82, 2.24) is 0 Å². The zero-order valence-electron chi connectivity index (χ0n) is 13.4. The van der Waals surface area contributed by atoms with Crippen LogP contribution < -0.4 is 0 Å². The predicted octanol–water partition coefficient (Wildman–Crippen LogP) is 1.90. The van der Waals surface area contributed by atoms with Crippen LogP contribution in [-0.2, 0) is 23.9 Å². The van der Waals surface area contributed by atoms with Crippen molar-refractivity contribution in [2.24, 2.45) is 29.1 Å². The maximum Gasteiger partial charge on any atom is 0.309 e. The Kier molecular flexibility index (Phi) is 3.42. The van der Waals surface area contributed by atoms with Crippen LogP contribution in [0.25, 0.3) is 0 Å². The van der Waals surface area contributed by atoms with E-state index in [9.17, 15) is 14.4 Å².